The number of aryl methyl sites for hydroxylation is 2. The van der Waals surface area contributed by atoms with Crippen LogP contribution < -0.4 is 11.1 Å². The molecule has 1 unspecified atom stereocenters. The molecule has 0 spiro atoms. The number of aromatic nitrogens is 2. The van der Waals surface area contributed by atoms with E-state index in [0.29, 0.717) is 6.10 Å². The molecule has 0 amide bonds. The number of nitrogens with one attached hydrogen (secondary N) is 1. The summed E-state index contributed by atoms with van der Waals surface area (Å²) in [5.41, 5.74) is 7.65. The van der Waals surface area contributed by atoms with Gasteiger partial charge in [-0.15, -0.1) is 0 Å². The van der Waals surface area contributed by atoms with Gasteiger partial charge in [-0.1, -0.05) is 0 Å². The van der Waals surface area contributed by atoms with E-state index < -0.39 is 0 Å². The maximum atomic E-state index is 6.01. The third kappa shape index (κ3) is 2.72. The van der Waals surface area contributed by atoms with Crippen molar-refractivity contribution < 1.29 is 4.74 Å². The lowest BCUT2D eigenvalue weighted by atomic mass is 10.1. The molecule has 0 radical (unpaired) electrons. The second-order valence-electron chi connectivity index (χ2n) is 4.53. The number of hydrogen-bond donors (Lipinski definition) is 2. The number of nitrogen functional groups attached to an aromatic ring is 1. The number of rotatable bonds is 4. The molecule has 0 aromatic carbocycles. The minimum Gasteiger partial charge on any atom is -0.394 e. The molecule has 3 N–H and O–H groups in total. The fraction of sp³-hybridized carbons (Fsp3) is 0.750. The van der Waals surface area contributed by atoms with E-state index in [1.54, 1.807) is 0 Å². The van der Waals surface area contributed by atoms with Crippen molar-refractivity contribution in [3.63, 3.8) is 0 Å². The highest BCUT2D eigenvalue weighted by molar-refractivity contribution is 5.64. The van der Waals surface area contributed by atoms with Gasteiger partial charge in [-0.25, -0.2) is 4.68 Å². The molecule has 5 nitrogen and oxygen atoms in total. The molecule has 1 aromatic heterocycles. The number of nitrogens with two attached hydrogens (primary N) is 1. The fourth-order valence-electron chi connectivity index (χ4n) is 2.19. The van der Waals surface area contributed by atoms with E-state index in [4.69, 9.17) is 10.5 Å². The molecular weight excluding hydrogens is 216 g/mol. The van der Waals surface area contributed by atoms with Crippen LogP contribution in [0.5, 0.6) is 0 Å². The van der Waals surface area contributed by atoms with E-state index in [1.807, 2.05) is 11.6 Å². The Kier molecular flexibility index (Phi) is 3.89. The normalized spacial score (nSPS) is 20.5. The van der Waals surface area contributed by atoms with Crippen molar-refractivity contribution in [2.45, 2.75) is 45.8 Å². The molecule has 2 rings (SSSR count). The maximum absolute atomic E-state index is 6.01. The Morgan fingerprint density at radius 2 is 2.35 bits per heavy atom. The standard InChI is InChI=1S/C12H22N4O/c1-3-16-12(11(13)9(2)15-16)14-8-10-6-4-5-7-17-10/h10,14H,3-8,13H2,1-2H3. The summed E-state index contributed by atoms with van der Waals surface area (Å²) in [5, 5.41) is 7.75. The van der Waals surface area contributed by atoms with Crippen molar-refractivity contribution in [1.29, 1.82) is 0 Å². The zero-order valence-corrected chi connectivity index (χ0v) is 10.7. The van der Waals surface area contributed by atoms with Gasteiger partial charge in [0.05, 0.1) is 17.5 Å². The number of hydrogen-bond acceptors (Lipinski definition) is 4. The number of ether oxygens (including phenoxy) is 1. The molecule has 1 atom stereocenters. The SMILES string of the molecule is CCn1nc(C)c(N)c1NCC1CCCCO1. The molecule has 0 bridgehead atoms. The molecule has 1 aromatic rings. The first-order valence-electron chi connectivity index (χ1n) is 6.40. The molecule has 1 saturated heterocycles. The van der Waals surface area contributed by atoms with Crippen LogP contribution in [0.25, 0.3) is 0 Å². The second-order valence-corrected chi connectivity index (χ2v) is 4.53. The van der Waals surface area contributed by atoms with Gasteiger partial charge in [0.25, 0.3) is 0 Å². The second kappa shape index (κ2) is 5.40. The fourth-order valence-corrected chi connectivity index (χ4v) is 2.19. The molecule has 0 aliphatic carbocycles. The third-order valence-corrected chi connectivity index (χ3v) is 3.24. The Morgan fingerprint density at radius 1 is 1.53 bits per heavy atom. The Hall–Kier alpha value is -1.23. The van der Waals surface area contributed by atoms with Gasteiger partial charge in [0, 0.05) is 19.7 Å². The first kappa shape index (κ1) is 12.2. The average molecular weight is 238 g/mol. The highest BCUT2D eigenvalue weighted by Crippen LogP contribution is 2.23. The predicted octanol–water partition coefficient (Wildman–Crippen LogP) is 1.77. The van der Waals surface area contributed by atoms with E-state index in [2.05, 4.69) is 17.3 Å². The van der Waals surface area contributed by atoms with Crippen LogP contribution in [0.4, 0.5) is 11.5 Å². The third-order valence-electron chi connectivity index (χ3n) is 3.24. The molecule has 0 saturated carbocycles. The molecule has 1 fully saturated rings. The summed E-state index contributed by atoms with van der Waals surface area (Å²) in [6.07, 6.45) is 3.88. The van der Waals surface area contributed by atoms with Gasteiger partial charge in [-0.2, -0.15) is 5.10 Å². The Bertz CT molecular complexity index is 369. The largest absolute Gasteiger partial charge is 0.394 e. The van der Waals surface area contributed by atoms with Crippen molar-refractivity contribution in [3.05, 3.63) is 5.69 Å². The quantitative estimate of drug-likeness (QED) is 0.839. The molecule has 17 heavy (non-hydrogen) atoms. The van der Waals surface area contributed by atoms with Gasteiger partial charge in [0.1, 0.15) is 5.82 Å². The topological polar surface area (TPSA) is 65.1 Å². The minimum absolute atomic E-state index is 0.309. The minimum atomic E-state index is 0.309. The zero-order valence-electron chi connectivity index (χ0n) is 10.7. The van der Waals surface area contributed by atoms with Crippen LogP contribution in [0, 0.1) is 6.92 Å². The van der Waals surface area contributed by atoms with E-state index in [-0.39, 0.29) is 0 Å². The van der Waals surface area contributed by atoms with Crippen molar-refractivity contribution in [3.8, 4) is 0 Å². The van der Waals surface area contributed by atoms with E-state index in [0.717, 1.165) is 43.3 Å². The van der Waals surface area contributed by atoms with Crippen molar-refractivity contribution in [1.82, 2.24) is 9.78 Å². The van der Waals surface area contributed by atoms with Crippen LogP contribution in [-0.2, 0) is 11.3 Å². The molecule has 1 aliphatic rings. The van der Waals surface area contributed by atoms with Crippen molar-refractivity contribution in [2.75, 3.05) is 24.2 Å². The van der Waals surface area contributed by atoms with Crippen LogP contribution in [-0.4, -0.2) is 29.0 Å². The van der Waals surface area contributed by atoms with Crippen LogP contribution >= 0.6 is 0 Å². The summed E-state index contributed by atoms with van der Waals surface area (Å²) in [6, 6.07) is 0. The highest BCUT2D eigenvalue weighted by Gasteiger charge is 2.16. The van der Waals surface area contributed by atoms with Crippen molar-refractivity contribution in [2.24, 2.45) is 0 Å². The smallest absolute Gasteiger partial charge is 0.148 e. The molecule has 2 heterocycles. The lowest BCUT2D eigenvalue weighted by Crippen LogP contribution is -2.27. The first-order valence-corrected chi connectivity index (χ1v) is 6.40. The average Bonchev–Trinajstić information content (AvgIpc) is 2.64. The van der Waals surface area contributed by atoms with Crippen molar-refractivity contribution >= 4 is 11.5 Å². The molecule has 1 aliphatic heterocycles. The van der Waals surface area contributed by atoms with Gasteiger partial charge in [0.15, 0.2) is 0 Å². The molecule has 5 heteroatoms. The zero-order chi connectivity index (χ0) is 12.3. The van der Waals surface area contributed by atoms with Gasteiger partial charge in [-0.3, -0.25) is 0 Å². The van der Waals surface area contributed by atoms with E-state index in [1.165, 1.54) is 12.8 Å². The summed E-state index contributed by atoms with van der Waals surface area (Å²) < 4.78 is 7.60. The monoisotopic (exact) mass is 238 g/mol. The summed E-state index contributed by atoms with van der Waals surface area (Å²) in [5.74, 6) is 0.930. The molecule has 96 valence electrons. The van der Waals surface area contributed by atoms with E-state index >= 15 is 0 Å². The summed E-state index contributed by atoms with van der Waals surface area (Å²) in [4.78, 5) is 0. The molecular formula is C12H22N4O. The summed E-state index contributed by atoms with van der Waals surface area (Å²) in [6.45, 7) is 6.52. The van der Waals surface area contributed by atoms with Gasteiger partial charge < -0.3 is 15.8 Å². The van der Waals surface area contributed by atoms with Crippen LogP contribution in [0.2, 0.25) is 0 Å². The summed E-state index contributed by atoms with van der Waals surface area (Å²) in [7, 11) is 0. The van der Waals surface area contributed by atoms with Gasteiger partial charge in [-0.05, 0) is 33.1 Å². The summed E-state index contributed by atoms with van der Waals surface area (Å²) >= 11 is 0. The Balaban J connectivity index is 1.97. The highest BCUT2D eigenvalue weighted by atomic mass is 16.5. The van der Waals surface area contributed by atoms with Crippen LogP contribution in [0.3, 0.4) is 0 Å². The van der Waals surface area contributed by atoms with Crippen LogP contribution in [0.15, 0.2) is 0 Å². The Labute approximate surface area is 102 Å². The number of anilines is 2. The van der Waals surface area contributed by atoms with E-state index in [9.17, 15) is 0 Å². The number of nitrogens with zero attached hydrogens (tertiary/aromatic N) is 2. The predicted molar refractivity (Wildman–Crippen MR) is 69.1 cm³/mol. The van der Waals surface area contributed by atoms with Crippen LogP contribution in [0.1, 0.15) is 31.9 Å². The lowest BCUT2D eigenvalue weighted by molar-refractivity contribution is 0.0247. The maximum Gasteiger partial charge on any atom is 0.148 e. The lowest BCUT2D eigenvalue weighted by Gasteiger charge is -2.23. The van der Waals surface area contributed by atoms with Gasteiger partial charge in [0.2, 0.25) is 0 Å². The Morgan fingerprint density at radius 3 is 3.00 bits per heavy atom. The first-order chi connectivity index (χ1) is 8.22. The van der Waals surface area contributed by atoms with Gasteiger partial charge >= 0.3 is 0 Å².